The van der Waals surface area contributed by atoms with Gasteiger partial charge in [-0.3, -0.25) is 0 Å². The second-order valence-corrected chi connectivity index (χ2v) is 10.9. The summed E-state index contributed by atoms with van der Waals surface area (Å²) in [6.45, 7) is 0. The molecule has 0 aromatic heterocycles. The third-order valence-electron chi connectivity index (χ3n) is 5.72. The molecule has 0 unspecified atom stereocenters. The van der Waals surface area contributed by atoms with Crippen molar-refractivity contribution in [1.29, 1.82) is 0 Å². The minimum absolute atomic E-state index is 0. The van der Waals surface area contributed by atoms with Crippen LogP contribution < -0.4 is 51.4 Å². The van der Waals surface area contributed by atoms with Gasteiger partial charge in [0.05, 0.1) is 0 Å². The van der Waals surface area contributed by atoms with Crippen molar-refractivity contribution in [3.8, 4) is 0 Å². The summed E-state index contributed by atoms with van der Waals surface area (Å²) in [6, 6.07) is 21.1. The summed E-state index contributed by atoms with van der Waals surface area (Å²) >= 11 is 52.4. The zero-order valence-electron chi connectivity index (χ0n) is 17.5. The second kappa shape index (κ2) is 11.8. The first kappa shape index (κ1) is 28.8. The van der Waals surface area contributed by atoms with Gasteiger partial charge in [0.2, 0.25) is 0 Å². The summed E-state index contributed by atoms with van der Waals surface area (Å²) in [7, 11) is 0. The van der Waals surface area contributed by atoms with Crippen LogP contribution in [0.2, 0.25) is 40.2 Å². The Kier molecular flexibility index (Phi) is 9.97. The Hall–Kier alpha value is 0.265. The molecule has 0 saturated carbocycles. The second-order valence-electron chi connectivity index (χ2n) is 7.53. The Morgan fingerprint density at radius 2 is 0.559 bits per heavy atom. The van der Waals surface area contributed by atoms with Crippen LogP contribution in [-0.4, -0.2) is 6.15 Å². The molecule has 0 heterocycles. The fourth-order valence-electron chi connectivity index (χ4n) is 4.42. The molecule has 0 aliphatic carbocycles. The van der Waals surface area contributed by atoms with Gasteiger partial charge in [-0.2, -0.15) is 21.9 Å². The average Bonchev–Trinajstić information content (AvgIpc) is 2.72. The van der Waals surface area contributed by atoms with Crippen LogP contribution in [0.25, 0.3) is 0 Å². The molecule has 0 saturated heterocycles. The Morgan fingerprint density at radius 1 is 0.353 bits per heavy atom. The van der Waals surface area contributed by atoms with E-state index in [1.165, 1.54) is 0 Å². The summed E-state index contributed by atoms with van der Waals surface area (Å²) < 4.78 is 0. The Labute approximate surface area is 260 Å². The number of rotatable bonds is 4. The van der Waals surface area contributed by atoms with Gasteiger partial charge in [-0.25, -0.2) is 0 Å². The largest absolute Gasteiger partial charge is 1.00 e. The molecule has 34 heavy (non-hydrogen) atoms. The molecule has 4 rings (SSSR count). The summed E-state index contributed by atoms with van der Waals surface area (Å²) in [5.74, 6) is 0. The first-order valence-electron chi connectivity index (χ1n) is 9.62. The van der Waals surface area contributed by atoms with Crippen LogP contribution in [0.15, 0.2) is 72.8 Å². The third kappa shape index (κ3) is 5.42. The molecular weight excluding hydrogens is 606 g/mol. The van der Waals surface area contributed by atoms with E-state index in [2.05, 4.69) is 0 Å². The van der Waals surface area contributed by atoms with E-state index in [1.54, 1.807) is 48.5 Å². The van der Waals surface area contributed by atoms with Gasteiger partial charge in [0.1, 0.15) is 6.15 Å². The van der Waals surface area contributed by atoms with E-state index in [9.17, 15) is 0 Å². The van der Waals surface area contributed by atoms with Crippen molar-refractivity contribution >= 4 is 121 Å². The molecule has 0 N–H and O–H groups in total. The van der Waals surface area contributed by atoms with Gasteiger partial charge in [0.15, 0.2) is 0 Å². The molecule has 0 nitrogen and oxygen atoms in total. The van der Waals surface area contributed by atoms with E-state index in [-0.39, 0.29) is 29.6 Å². The van der Waals surface area contributed by atoms with Crippen molar-refractivity contribution in [3.63, 3.8) is 0 Å². The van der Waals surface area contributed by atoms with E-state index >= 15 is 0 Å². The average molecular weight is 618 g/mol. The van der Waals surface area contributed by atoms with Crippen LogP contribution in [0, 0.1) is 0 Å². The van der Waals surface area contributed by atoms with Gasteiger partial charge in [0.25, 0.3) is 0 Å². The van der Waals surface area contributed by atoms with Crippen LogP contribution in [-0.2, 0) is 0 Å². The van der Waals surface area contributed by atoms with Crippen LogP contribution >= 0.6 is 92.8 Å². The van der Waals surface area contributed by atoms with Gasteiger partial charge >= 0.3 is 29.6 Å². The molecule has 0 aliphatic heterocycles. The first-order valence-corrected chi connectivity index (χ1v) is 12.6. The smallest absolute Gasteiger partial charge is 0.176 e. The molecule has 0 atom stereocenters. The quantitative estimate of drug-likeness (QED) is 0.273. The molecule has 0 spiro atoms. The van der Waals surface area contributed by atoms with Crippen molar-refractivity contribution < 1.29 is 29.6 Å². The molecule has 168 valence electrons. The number of halogens is 8. The fraction of sp³-hybridized carbons (Fsp3) is 0. The van der Waals surface area contributed by atoms with E-state index in [0.29, 0.717) is 40.2 Å². The predicted molar refractivity (Wildman–Crippen MR) is 150 cm³/mol. The Morgan fingerprint density at radius 3 is 0.735 bits per heavy atom. The molecular formula is C24H12BCl8Na. The molecule has 0 radical (unpaired) electrons. The summed E-state index contributed by atoms with van der Waals surface area (Å²) in [4.78, 5) is 0. The number of hydrogen-bond acceptors (Lipinski definition) is 0. The zero-order valence-corrected chi connectivity index (χ0v) is 25.6. The topological polar surface area (TPSA) is 0 Å². The van der Waals surface area contributed by atoms with Crippen LogP contribution in [0.3, 0.4) is 0 Å². The van der Waals surface area contributed by atoms with E-state index < -0.39 is 6.15 Å². The van der Waals surface area contributed by atoms with Gasteiger partial charge in [-0.05, 0) is 48.5 Å². The van der Waals surface area contributed by atoms with Gasteiger partial charge in [-0.1, -0.05) is 117 Å². The molecule has 10 heteroatoms. The number of hydrogen-bond donors (Lipinski definition) is 0. The summed E-state index contributed by atoms with van der Waals surface area (Å²) in [5, 5.41) is 3.63. The SMILES string of the molecule is Clc1ccc([B-](c2ccc(Cl)cc2Cl)(c2ccc(Cl)cc2Cl)c2ccc(Cl)cc2Cl)c(Cl)c1.[Na+]. The van der Waals surface area contributed by atoms with Crippen molar-refractivity contribution in [2.75, 3.05) is 0 Å². The normalized spacial score (nSPS) is 11.3. The zero-order chi connectivity index (χ0) is 23.9. The maximum Gasteiger partial charge on any atom is 1.00 e. The van der Waals surface area contributed by atoms with Crippen LogP contribution in [0.5, 0.6) is 0 Å². The van der Waals surface area contributed by atoms with Gasteiger partial charge in [0, 0.05) is 40.2 Å². The minimum atomic E-state index is -2.14. The van der Waals surface area contributed by atoms with Gasteiger partial charge < -0.3 is 0 Å². The Balaban J connectivity index is 0.00000324. The van der Waals surface area contributed by atoms with E-state index in [4.69, 9.17) is 92.8 Å². The maximum absolute atomic E-state index is 6.84. The predicted octanol–water partition coefficient (Wildman–Crippen LogP) is 5.30. The number of benzene rings is 4. The molecule has 4 aromatic rings. The molecule has 4 aromatic carbocycles. The van der Waals surface area contributed by atoms with Crippen molar-refractivity contribution in [2.45, 2.75) is 0 Å². The standard InChI is InChI=1S/C24H12BCl8.Na/c26-13-1-5-17(21(30)9-13)25(18-6-2-14(27)10-22(18)31,19-7-3-15(28)11-23(19)32)20-8-4-16(29)12-24(20)33;/h1-12H;/q-1;+1. The van der Waals surface area contributed by atoms with E-state index in [1.807, 2.05) is 24.3 Å². The van der Waals surface area contributed by atoms with Crippen molar-refractivity contribution in [2.24, 2.45) is 0 Å². The third-order valence-corrected chi connectivity index (χ3v) is 7.97. The van der Waals surface area contributed by atoms with Crippen molar-refractivity contribution in [1.82, 2.24) is 0 Å². The fourth-order valence-corrected chi connectivity index (χ4v) is 6.70. The van der Waals surface area contributed by atoms with Gasteiger partial charge in [-0.15, -0.1) is 0 Å². The van der Waals surface area contributed by atoms with Crippen molar-refractivity contribution in [3.05, 3.63) is 113 Å². The Bertz CT molecular complexity index is 1160. The summed E-state index contributed by atoms with van der Waals surface area (Å²) in [6.07, 6.45) is -2.14. The van der Waals surface area contributed by atoms with E-state index in [0.717, 1.165) is 21.9 Å². The summed E-state index contributed by atoms with van der Waals surface area (Å²) in [5.41, 5.74) is 2.88. The first-order chi connectivity index (χ1) is 15.6. The molecule has 0 aliphatic rings. The van der Waals surface area contributed by atoms with Crippen LogP contribution in [0.4, 0.5) is 0 Å². The minimum Gasteiger partial charge on any atom is -0.176 e. The van der Waals surface area contributed by atoms with Crippen LogP contribution in [0.1, 0.15) is 0 Å². The monoisotopic (exact) mass is 614 g/mol. The molecule has 0 fully saturated rings. The molecule has 0 amide bonds. The molecule has 0 bridgehead atoms. The maximum atomic E-state index is 6.84.